The molecule has 1 atom stereocenters. The topological polar surface area (TPSA) is 52.0 Å². The van der Waals surface area contributed by atoms with Crippen molar-refractivity contribution in [3.05, 3.63) is 52.4 Å². The highest BCUT2D eigenvalue weighted by atomic mass is 79.9. The van der Waals surface area contributed by atoms with E-state index < -0.39 is 11.9 Å². The summed E-state index contributed by atoms with van der Waals surface area (Å²) in [7, 11) is 0. The molecule has 2 aromatic rings. The van der Waals surface area contributed by atoms with Gasteiger partial charge in [0.1, 0.15) is 11.6 Å². The van der Waals surface area contributed by atoms with Crippen LogP contribution < -0.4 is 5.73 Å². The van der Waals surface area contributed by atoms with Crippen molar-refractivity contribution in [1.29, 1.82) is 0 Å². The van der Waals surface area contributed by atoms with Crippen LogP contribution in [0.25, 0.3) is 0 Å². The summed E-state index contributed by atoms with van der Waals surface area (Å²) in [6.45, 7) is 0. The Morgan fingerprint density at radius 3 is 2.80 bits per heavy atom. The molecular weight excluding hydrogens is 263 g/mol. The monoisotopic (exact) mass is 270 g/mol. The molecule has 0 bridgehead atoms. The minimum absolute atomic E-state index is 0.367. The van der Waals surface area contributed by atoms with Crippen molar-refractivity contribution in [3.63, 3.8) is 0 Å². The lowest BCUT2D eigenvalue weighted by Gasteiger charge is -2.09. The fourth-order valence-electron chi connectivity index (χ4n) is 1.29. The van der Waals surface area contributed by atoms with Crippen LogP contribution in [0.4, 0.5) is 4.39 Å². The van der Waals surface area contributed by atoms with Gasteiger partial charge in [-0.25, -0.2) is 4.39 Å². The molecule has 0 spiro atoms. The zero-order valence-corrected chi connectivity index (χ0v) is 9.24. The van der Waals surface area contributed by atoms with Gasteiger partial charge in [0, 0.05) is 11.8 Å². The highest BCUT2D eigenvalue weighted by molar-refractivity contribution is 9.10. The molecule has 0 amide bonds. The standard InChI is InChI=1S/C10H8BrFN2O/c11-9-2-1-8(15-9)10(13)6-3-4-14-5-7(6)12/h1-5,10H,13H2. The third-order valence-corrected chi connectivity index (χ3v) is 2.47. The van der Waals surface area contributed by atoms with Gasteiger partial charge in [0.05, 0.1) is 12.2 Å². The summed E-state index contributed by atoms with van der Waals surface area (Å²) >= 11 is 3.16. The van der Waals surface area contributed by atoms with E-state index in [0.29, 0.717) is 16.0 Å². The van der Waals surface area contributed by atoms with E-state index in [2.05, 4.69) is 20.9 Å². The van der Waals surface area contributed by atoms with Gasteiger partial charge in [-0.15, -0.1) is 0 Å². The van der Waals surface area contributed by atoms with Crippen LogP contribution in [0.3, 0.4) is 0 Å². The van der Waals surface area contributed by atoms with Gasteiger partial charge in [-0.3, -0.25) is 4.98 Å². The molecule has 0 aromatic carbocycles. The molecule has 2 N–H and O–H groups in total. The molecule has 78 valence electrons. The highest BCUT2D eigenvalue weighted by Gasteiger charge is 2.16. The molecular formula is C10H8BrFN2O. The van der Waals surface area contributed by atoms with E-state index in [-0.39, 0.29) is 0 Å². The quantitative estimate of drug-likeness (QED) is 0.913. The summed E-state index contributed by atoms with van der Waals surface area (Å²) in [5.74, 6) is 0.0736. The Bertz CT molecular complexity index is 472. The molecule has 5 heteroatoms. The Hall–Kier alpha value is -1.20. The molecule has 2 rings (SSSR count). The molecule has 0 saturated carbocycles. The molecule has 0 saturated heterocycles. The molecule has 1 unspecified atom stereocenters. The van der Waals surface area contributed by atoms with Crippen LogP contribution in [0.15, 0.2) is 39.7 Å². The van der Waals surface area contributed by atoms with E-state index in [1.54, 1.807) is 12.1 Å². The lowest BCUT2D eigenvalue weighted by molar-refractivity contribution is 0.462. The van der Waals surface area contributed by atoms with Crippen LogP contribution in [-0.4, -0.2) is 4.98 Å². The van der Waals surface area contributed by atoms with Crippen molar-refractivity contribution < 1.29 is 8.81 Å². The number of rotatable bonds is 2. The summed E-state index contributed by atoms with van der Waals surface area (Å²) in [5.41, 5.74) is 6.22. The Kier molecular flexibility index (Phi) is 2.83. The second kappa shape index (κ2) is 4.12. The fourth-order valence-corrected chi connectivity index (χ4v) is 1.61. The first kappa shape index (κ1) is 10.3. The number of nitrogens with zero attached hydrogens (tertiary/aromatic N) is 1. The van der Waals surface area contributed by atoms with Gasteiger partial charge in [-0.05, 0) is 34.1 Å². The number of nitrogens with two attached hydrogens (primary N) is 1. The molecule has 2 aromatic heterocycles. The molecule has 0 radical (unpaired) electrons. The lowest BCUT2D eigenvalue weighted by Crippen LogP contribution is -2.12. The minimum Gasteiger partial charge on any atom is -0.452 e. The Balaban J connectivity index is 2.36. The van der Waals surface area contributed by atoms with E-state index in [9.17, 15) is 4.39 Å². The summed E-state index contributed by atoms with van der Waals surface area (Å²) in [4.78, 5) is 3.66. The zero-order chi connectivity index (χ0) is 10.8. The zero-order valence-electron chi connectivity index (χ0n) is 7.65. The fraction of sp³-hybridized carbons (Fsp3) is 0.100. The summed E-state index contributed by atoms with van der Waals surface area (Å²) in [6, 6.07) is 4.35. The van der Waals surface area contributed by atoms with Gasteiger partial charge in [0.15, 0.2) is 4.67 Å². The maximum atomic E-state index is 13.3. The third-order valence-electron chi connectivity index (χ3n) is 2.04. The Morgan fingerprint density at radius 1 is 1.40 bits per heavy atom. The smallest absolute Gasteiger partial charge is 0.169 e. The van der Waals surface area contributed by atoms with E-state index in [1.807, 2.05) is 0 Å². The van der Waals surface area contributed by atoms with Crippen LogP contribution in [-0.2, 0) is 0 Å². The van der Waals surface area contributed by atoms with Crippen LogP contribution in [0.5, 0.6) is 0 Å². The molecule has 0 aliphatic carbocycles. The van der Waals surface area contributed by atoms with E-state index in [1.165, 1.54) is 12.3 Å². The first-order chi connectivity index (χ1) is 7.18. The van der Waals surface area contributed by atoms with Gasteiger partial charge in [-0.2, -0.15) is 0 Å². The van der Waals surface area contributed by atoms with Gasteiger partial charge in [0.2, 0.25) is 0 Å². The van der Waals surface area contributed by atoms with Crippen LogP contribution >= 0.6 is 15.9 Å². The van der Waals surface area contributed by atoms with E-state index in [4.69, 9.17) is 10.2 Å². The SMILES string of the molecule is NC(c1ccc(Br)o1)c1ccncc1F. The number of furan rings is 1. The number of pyridine rings is 1. The third kappa shape index (κ3) is 2.08. The lowest BCUT2D eigenvalue weighted by atomic mass is 10.1. The first-order valence-electron chi connectivity index (χ1n) is 4.28. The number of hydrogen-bond acceptors (Lipinski definition) is 3. The largest absolute Gasteiger partial charge is 0.452 e. The van der Waals surface area contributed by atoms with Crippen molar-refractivity contribution in [3.8, 4) is 0 Å². The Labute approximate surface area is 94.2 Å². The number of halogens is 2. The summed E-state index contributed by atoms with van der Waals surface area (Å²) < 4.78 is 19.2. The van der Waals surface area contributed by atoms with Gasteiger partial charge < -0.3 is 10.2 Å². The minimum atomic E-state index is -0.612. The average Bonchev–Trinajstić information content (AvgIpc) is 2.65. The molecule has 0 fully saturated rings. The Morgan fingerprint density at radius 2 is 2.20 bits per heavy atom. The summed E-state index contributed by atoms with van der Waals surface area (Å²) in [5, 5.41) is 0. The predicted octanol–water partition coefficient (Wildman–Crippen LogP) is 2.62. The van der Waals surface area contributed by atoms with Crippen molar-refractivity contribution in [2.75, 3.05) is 0 Å². The highest BCUT2D eigenvalue weighted by Crippen LogP contribution is 2.25. The predicted molar refractivity (Wildman–Crippen MR) is 56.6 cm³/mol. The molecule has 0 aliphatic heterocycles. The molecule has 15 heavy (non-hydrogen) atoms. The van der Waals surface area contributed by atoms with Gasteiger partial charge in [0.25, 0.3) is 0 Å². The van der Waals surface area contributed by atoms with Gasteiger partial charge in [-0.1, -0.05) is 0 Å². The maximum Gasteiger partial charge on any atom is 0.169 e. The molecule has 3 nitrogen and oxygen atoms in total. The molecule has 2 heterocycles. The van der Waals surface area contributed by atoms with Crippen molar-refractivity contribution >= 4 is 15.9 Å². The normalized spacial score (nSPS) is 12.7. The van der Waals surface area contributed by atoms with Crippen molar-refractivity contribution in [2.24, 2.45) is 5.73 Å². The van der Waals surface area contributed by atoms with Crippen LogP contribution in [0.1, 0.15) is 17.4 Å². The van der Waals surface area contributed by atoms with Crippen molar-refractivity contribution in [1.82, 2.24) is 4.98 Å². The second-order valence-corrected chi connectivity index (χ2v) is 3.80. The van der Waals surface area contributed by atoms with Crippen molar-refractivity contribution in [2.45, 2.75) is 6.04 Å². The van der Waals surface area contributed by atoms with E-state index in [0.717, 1.165) is 6.20 Å². The second-order valence-electron chi connectivity index (χ2n) is 3.02. The van der Waals surface area contributed by atoms with Crippen LogP contribution in [0.2, 0.25) is 0 Å². The van der Waals surface area contributed by atoms with E-state index >= 15 is 0 Å². The first-order valence-corrected chi connectivity index (χ1v) is 5.08. The number of hydrogen-bond donors (Lipinski definition) is 1. The number of aromatic nitrogens is 1. The summed E-state index contributed by atoms with van der Waals surface area (Å²) in [6.07, 6.45) is 2.63. The average molecular weight is 271 g/mol. The van der Waals surface area contributed by atoms with Gasteiger partial charge >= 0.3 is 0 Å². The molecule has 0 aliphatic rings. The maximum absolute atomic E-state index is 13.3. The van der Waals surface area contributed by atoms with Crippen LogP contribution in [0, 0.1) is 5.82 Å².